The molecule has 0 radical (unpaired) electrons. The van der Waals surface area contributed by atoms with Crippen LogP contribution in [0.15, 0.2) is 70.2 Å². The number of ether oxygens (including phenoxy) is 2. The van der Waals surface area contributed by atoms with Crippen LogP contribution in [-0.4, -0.2) is 24.8 Å². The second-order valence-corrected chi connectivity index (χ2v) is 6.24. The molecule has 0 saturated carbocycles. The molecule has 0 spiro atoms. The Morgan fingerprint density at radius 3 is 2.67 bits per heavy atom. The highest BCUT2D eigenvalue weighted by molar-refractivity contribution is 6.30. The zero-order chi connectivity index (χ0) is 18.6. The molecule has 0 bridgehead atoms. The van der Waals surface area contributed by atoms with Gasteiger partial charge in [0.15, 0.2) is 11.5 Å². The van der Waals surface area contributed by atoms with Gasteiger partial charge in [-0.3, -0.25) is 4.79 Å². The van der Waals surface area contributed by atoms with Crippen LogP contribution in [0.5, 0.6) is 11.5 Å². The van der Waals surface area contributed by atoms with Crippen LogP contribution in [0.1, 0.15) is 5.76 Å². The topological polar surface area (TPSA) is 73.1 Å². The van der Waals surface area contributed by atoms with Gasteiger partial charge in [-0.2, -0.15) is 5.10 Å². The molecule has 2 aromatic carbocycles. The van der Waals surface area contributed by atoms with Gasteiger partial charge in [0.05, 0.1) is 6.21 Å². The number of carbonyl (C=O) groups excluding carboxylic acids is 1. The summed E-state index contributed by atoms with van der Waals surface area (Å²) < 4.78 is 16.8. The molecule has 1 aliphatic heterocycles. The Bertz CT molecular complexity index is 982. The number of fused-ring (bicyclic) bond motifs is 1. The van der Waals surface area contributed by atoms with E-state index in [0.29, 0.717) is 28.0 Å². The average molecular weight is 383 g/mol. The molecule has 7 heteroatoms. The number of nitrogens with zero attached hydrogens (tertiary/aromatic N) is 1. The lowest BCUT2D eigenvalue weighted by Gasteiger charge is -2.24. The minimum absolute atomic E-state index is 0.125. The summed E-state index contributed by atoms with van der Waals surface area (Å²) in [5.41, 5.74) is 3.33. The fraction of sp³-hybridized carbons (Fsp3) is 0.100. The lowest BCUT2D eigenvalue weighted by molar-refractivity contribution is -0.130. The van der Waals surface area contributed by atoms with E-state index in [1.165, 1.54) is 6.21 Å². The van der Waals surface area contributed by atoms with Crippen molar-refractivity contribution in [2.75, 3.05) is 6.61 Å². The van der Waals surface area contributed by atoms with Crippen molar-refractivity contribution in [2.45, 2.75) is 6.10 Å². The van der Waals surface area contributed by atoms with Gasteiger partial charge in [0.2, 0.25) is 6.10 Å². The molecule has 0 fully saturated rings. The van der Waals surface area contributed by atoms with Crippen molar-refractivity contribution >= 4 is 23.7 Å². The number of hydrazone groups is 1. The van der Waals surface area contributed by atoms with Crippen molar-refractivity contribution in [1.29, 1.82) is 0 Å². The van der Waals surface area contributed by atoms with E-state index in [1.807, 2.05) is 30.3 Å². The van der Waals surface area contributed by atoms with Gasteiger partial charge in [-0.1, -0.05) is 23.7 Å². The van der Waals surface area contributed by atoms with Gasteiger partial charge in [-0.15, -0.1) is 0 Å². The van der Waals surface area contributed by atoms with Gasteiger partial charge in [0.1, 0.15) is 18.1 Å². The summed E-state index contributed by atoms with van der Waals surface area (Å²) in [6.07, 6.45) is 0.660. The summed E-state index contributed by atoms with van der Waals surface area (Å²) in [7, 11) is 0. The summed E-state index contributed by atoms with van der Waals surface area (Å²) in [6.45, 7) is 0.125. The van der Waals surface area contributed by atoms with E-state index >= 15 is 0 Å². The molecule has 136 valence electrons. The number of carbonyl (C=O) groups is 1. The van der Waals surface area contributed by atoms with E-state index in [0.717, 1.165) is 5.56 Å². The van der Waals surface area contributed by atoms with Crippen molar-refractivity contribution < 1.29 is 18.7 Å². The number of hydrogen-bond acceptors (Lipinski definition) is 5. The van der Waals surface area contributed by atoms with Crippen LogP contribution in [0, 0.1) is 0 Å². The number of para-hydroxylation sites is 2. The number of furan rings is 1. The van der Waals surface area contributed by atoms with E-state index in [2.05, 4.69) is 10.5 Å². The number of amides is 1. The molecule has 1 atom stereocenters. The minimum atomic E-state index is -0.765. The number of rotatable bonds is 4. The summed E-state index contributed by atoms with van der Waals surface area (Å²) >= 11 is 5.88. The van der Waals surface area contributed by atoms with E-state index in [4.69, 9.17) is 25.5 Å². The van der Waals surface area contributed by atoms with Crippen LogP contribution in [0.2, 0.25) is 5.02 Å². The second-order valence-electron chi connectivity index (χ2n) is 5.81. The molecule has 1 aliphatic rings. The van der Waals surface area contributed by atoms with Gasteiger partial charge in [0.25, 0.3) is 5.91 Å². The Balaban J connectivity index is 1.36. The highest BCUT2D eigenvalue weighted by atomic mass is 35.5. The third kappa shape index (κ3) is 3.96. The van der Waals surface area contributed by atoms with Crippen molar-refractivity contribution in [3.05, 3.63) is 71.4 Å². The van der Waals surface area contributed by atoms with Crippen LogP contribution >= 0.6 is 11.6 Å². The maximum Gasteiger partial charge on any atom is 0.284 e. The Kier molecular flexibility index (Phi) is 4.80. The maximum atomic E-state index is 12.2. The van der Waals surface area contributed by atoms with Crippen LogP contribution in [0.25, 0.3) is 11.3 Å². The highest BCUT2D eigenvalue weighted by Gasteiger charge is 2.26. The zero-order valence-electron chi connectivity index (χ0n) is 14.1. The van der Waals surface area contributed by atoms with Crippen LogP contribution in [0.4, 0.5) is 0 Å². The molecule has 6 nitrogen and oxygen atoms in total. The Labute approximate surface area is 160 Å². The fourth-order valence-corrected chi connectivity index (χ4v) is 2.70. The van der Waals surface area contributed by atoms with Gasteiger partial charge >= 0.3 is 0 Å². The van der Waals surface area contributed by atoms with Gasteiger partial charge in [0, 0.05) is 10.6 Å². The predicted octanol–water partition coefficient (Wildman–Crippen LogP) is 3.89. The number of benzene rings is 2. The van der Waals surface area contributed by atoms with Crippen molar-refractivity contribution in [3.63, 3.8) is 0 Å². The van der Waals surface area contributed by atoms with Crippen molar-refractivity contribution in [3.8, 4) is 22.8 Å². The zero-order valence-corrected chi connectivity index (χ0v) is 14.8. The third-order valence-corrected chi connectivity index (χ3v) is 4.18. The predicted molar refractivity (Wildman–Crippen MR) is 101 cm³/mol. The normalized spacial score (nSPS) is 15.7. The second kappa shape index (κ2) is 7.55. The van der Waals surface area contributed by atoms with Gasteiger partial charge in [-0.25, -0.2) is 5.43 Å². The summed E-state index contributed by atoms with van der Waals surface area (Å²) in [4.78, 5) is 12.2. The smallest absolute Gasteiger partial charge is 0.284 e. The number of nitrogens with one attached hydrogen (secondary N) is 1. The van der Waals surface area contributed by atoms with Crippen LogP contribution < -0.4 is 14.9 Å². The molecular weight excluding hydrogens is 368 g/mol. The van der Waals surface area contributed by atoms with Gasteiger partial charge < -0.3 is 13.9 Å². The fourth-order valence-electron chi connectivity index (χ4n) is 2.57. The van der Waals surface area contributed by atoms with Gasteiger partial charge in [-0.05, 0) is 48.5 Å². The molecule has 3 aromatic rings. The summed E-state index contributed by atoms with van der Waals surface area (Å²) in [5.74, 6) is 1.94. The lowest BCUT2D eigenvalue weighted by Crippen LogP contribution is -2.42. The minimum Gasteiger partial charge on any atom is -0.485 e. The van der Waals surface area contributed by atoms with Crippen molar-refractivity contribution in [1.82, 2.24) is 5.43 Å². The standard InChI is InChI=1S/C20H15ClN2O4/c21-14-7-5-13(6-8-14)16-10-9-15(26-16)11-22-23-20(24)19-12-25-17-3-1-2-4-18(17)27-19/h1-11,19H,12H2,(H,23,24)/b22-11+/t19-/m0/s1. The molecule has 27 heavy (non-hydrogen) atoms. The maximum absolute atomic E-state index is 12.2. The largest absolute Gasteiger partial charge is 0.485 e. The molecule has 0 saturated heterocycles. The third-order valence-electron chi connectivity index (χ3n) is 3.92. The quantitative estimate of drug-likeness (QED) is 0.548. The monoisotopic (exact) mass is 382 g/mol. The Morgan fingerprint density at radius 2 is 1.85 bits per heavy atom. The van der Waals surface area contributed by atoms with Crippen LogP contribution in [-0.2, 0) is 4.79 Å². The summed E-state index contributed by atoms with van der Waals surface area (Å²) in [6, 6.07) is 18.1. The molecule has 1 amide bonds. The summed E-state index contributed by atoms with van der Waals surface area (Å²) in [5, 5.41) is 4.58. The Morgan fingerprint density at radius 1 is 1.07 bits per heavy atom. The van der Waals surface area contributed by atoms with Crippen molar-refractivity contribution in [2.24, 2.45) is 5.10 Å². The molecule has 0 unspecified atom stereocenters. The SMILES string of the molecule is O=C(N/N=C/c1ccc(-c2ccc(Cl)cc2)o1)[C@@H]1COc2ccccc2O1. The first-order chi connectivity index (χ1) is 13.2. The molecular formula is C20H15ClN2O4. The first kappa shape index (κ1) is 17.2. The molecule has 1 N–H and O–H groups in total. The molecule has 4 rings (SSSR count). The van der Waals surface area contributed by atoms with E-state index in [-0.39, 0.29) is 6.61 Å². The molecule has 0 aliphatic carbocycles. The highest BCUT2D eigenvalue weighted by Crippen LogP contribution is 2.30. The van der Waals surface area contributed by atoms with E-state index in [9.17, 15) is 4.79 Å². The van der Waals surface area contributed by atoms with Crippen LogP contribution in [0.3, 0.4) is 0 Å². The molecule has 1 aromatic heterocycles. The van der Waals surface area contributed by atoms with E-state index in [1.54, 1.807) is 30.3 Å². The number of halogens is 1. The number of hydrogen-bond donors (Lipinski definition) is 1. The lowest BCUT2D eigenvalue weighted by atomic mass is 10.2. The van der Waals surface area contributed by atoms with E-state index < -0.39 is 12.0 Å². The average Bonchev–Trinajstić information content (AvgIpc) is 3.17. The first-order valence-corrected chi connectivity index (χ1v) is 8.64. The Hall–Kier alpha value is -3.25. The first-order valence-electron chi connectivity index (χ1n) is 8.26. The molecule has 2 heterocycles.